The lowest BCUT2D eigenvalue weighted by atomic mass is 9.96. The van der Waals surface area contributed by atoms with Gasteiger partial charge in [-0.15, -0.1) is 5.10 Å². The summed E-state index contributed by atoms with van der Waals surface area (Å²) in [4.78, 5) is 10.8. The summed E-state index contributed by atoms with van der Waals surface area (Å²) in [6.45, 7) is 0. The third-order valence-electron chi connectivity index (χ3n) is 2.30. The molecular formula is C6H8N4O5. The molecule has 15 heavy (non-hydrogen) atoms. The third kappa shape index (κ3) is 1.28. The molecule has 4 atom stereocenters. The Labute approximate surface area is 82.6 Å². The van der Waals surface area contributed by atoms with Gasteiger partial charge >= 0.3 is 5.97 Å². The summed E-state index contributed by atoms with van der Waals surface area (Å²) in [6.07, 6.45) is -4.77. The van der Waals surface area contributed by atoms with Crippen molar-refractivity contribution in [2.24, 2.45) is 0 Å². The van der Waals surface area contributed by atoms with Gasteiger partial charge in [-0.1, -0.05) is 0 Å². The highest BCUT2D eigenvalue weighted by atomic mass is 16.4. The summed E-state index contributed by atoms with van der Waals surface area (Å²) in [5.74, 6) is -1.57. The molecule has 2 heterocycles. The van der Waals surface area contributed by atoms with Crippen molar-refractivity contribution in [3.63, 3.8) is 0 Å². The van der Waals surface area contributed by atoms with Gasteiger partial charge in [0.1, 0.15) is 18.3 Å². The topological polar surface area (TPSA) is 142 Å². The molecule has 0 saturated heterocycles. The van der Waals surface area contributed by atoms with Gasteiger partial charge in [-0.3, -0.25) is 0 Å². The zero-order valence-electron chi connectivity index (χ0n) is 7.30. The zero-order chi connectivity index (χ0) is 11.2. The predicted molar refractivity (Wildman–Crippen MR) is 41.5 cm³/mol. The normalized spacial score (nSPS) is 34.9. The number of carboxylic acids is 1. The van der Waals surface area contributed by atoms with Gasteiger partial charge in [0.2, 0.25) is 0 Å². The molecule has 1 aromatic heterocycles. The van der Waals surface area contributed by atoms with Gasteiger partial charge in [-0.05, 0) is 10.4 Å². The number of tetrazole rings is 1. The lowest BCUT2D eigenvalue weighted by Crippen LogP contribution is -2.48. The molecule has 0 bridgehead atoms. The Kier molecular flexibility index (Phi) is 2.14. The maximum absolute atomic E-state index is 10.8. The smallest absolute Gasteiger partial charge is 0.331 e. The van der Waals surface area contributed by atoms with E-state index in [1.807, 2.05) is 0 Å². The Hall–Kier alpha value is -1.58. The second-order valence-electron chi connectivity index (χ2n) is 3.19. The molecule has 9 heteroatoms. The Morgan fingerprint density at radius 1 is 1.27 bits per heavy atom. The van der Waals surface area contributed by atoms with Crippen LogP contribution in [-0.2, 0) is 4.79 Å². The van der Waals surface area contributed by atoms with E-state index in [0.717, 1.165) is 4.68 Å². The fourth-order valence-corrected chi connectivity index (χ4v) is 1.51. The van der Waals surface area contributed by atoms with E-state index in [9.17, 15) is 20.1 Å². The van der Waals surface area contributed by atoms with Gasteiger partial charge in [0, 0.05) is 0 Å². The zero-order valence-corrected chi connectivity index (χ0v) is 7.30. The van der Waals surface area contributed by atoms with E-state index >= 15 is 0 Å². The second kappa shape index (κ2) is 3.22. The largest absolute Gasteiger partial charge is 0.480 e. The number of fused-ring (bicyclic) bond motifs is 1. The number of hydrogen-bond acceptors (Lipinski definition) is 7. The first kappa shape index (κ1) is 9.96. The Bertz CT molecular complexity index is 393. The lowest BCUT2D eigenvalue weighted by molar-refractivity contribution is -0.157. The summed E-state index contributed by atoms with van der Waals surface area (Å²) in [5, 5.41) is 46.9. The van der Waals surface area contributed by atoms with Crippen LogP contribution < -0.4 is 0 Å². The monoisotopic (exact) mass is 216 g/mol. The van der Waals surface area contributed by atoms with Gasteiger partial charge in [-0.2, -0.15) is 0 Å². The first-order valence-electron chi connectivity index (χ1n) is 4.09. The van der Waals surface area contributed by atoms with Crippen molar-refractivity contribution in [1.29, 1.82) is 0 Å². The molecule has 2 rings (SSSR count). The minimum atomic E-state index is -1.66. The van der Waals surface area contributed by atoms with Crippen molar-refractivity contribution >= 4 is 5.97 Å². The number of rotatable bonds is 1. The summed E-state index contributed by atoms with van der Waals surface area (Å²) >= 11 is 0. The van der Waals surface area contributed by atoms with Crippen molar-refractivity contribution in [2.75, 3.05) is 0 Å². The maximum atomic E-state index is 10.8. The quantitative estimate of drug-likeness (QED) is 0.390. The maximum Gasteiger partial charge on any atom is 0.331 e. The molecule has 0 amide bonds. The highest BCUT2D eigenvalue weighted by Gasteiger charge is 2.46. The van der Waals surface area contributed by atoms with Crippen molar-refractivity contribution in [3.8, 4) is 0 Å². The summed E-state index contributed by atoms with van der Waals surface area (Å²) < 4.78 is 0.782. The Balaban J connectivity index is 2.51. The number of nitrogens with zero attached hydrogens (tertiary/aromatic N) is 4. The van der Waals surface area contributed by atoms with E-state index in [1.165, 1.54) is 0 Å². The van der Waals surface area contributed by atoms with Gasteiger partial charge in [0.05, 0.1) is 0 Å². The van der Waals surface area contributed by atoms with Crippen LogP contribution in [0.1, 0.15) is 18.0 Å². The minimum absolute atomic E-state index is 0.180. The molecular weight excluding hydrogens is 208 g/mol. The van der Waals surface area contributed by atoms with Crippen LogP contribution in [0, 0.1) is 0 Å². The van der Waals surface area contributed by atoms with E-state index < -0.39 is 30.3 Å². The van der Waals surface area contributed by atoms with Crippen molar-refractivity contribution in [3.05, 3.63) is 5.82 Å². The first-order valence-corrected chi connectivity index (χ1v) is 4.09. The summed E-state index contributed by atoms with van der Waals surface area (Å²) in [7, 11) is 0. The lowest BCUT2D eigenvalue weighted by Gasteiger charge is -2.31. The van der Waals surface area contributed by atoms with Crippen molar-refractivity contribution in [2.45, 2.75) is 24.4 Å². The van der Waals surface area contributed by atoms with Crippen LogP contribution in [0.4, 0.5) is 0 Å². The number of aliphatic hydroxyl groups excluding tert-OH is 3. The second-order valence-corrected chi connectivity index (χ2v) is 3.19. The number of aliphatic hydroxyl groups is 3. The van der Waals surface area contributed by atoms with Crippen molar-refractivity contribution < 1.29 is 25.2 Å². The van der Waals surface area contributed by atoms with E-state index in [-0.39, 0.29) is 5.82 Å². The number of carbonyl (C=O) groups is 1. The SMILES string of the molecule is O=C(O)[C@H]1[C@@H](O)[C@H](O)[C@H](O)c2nnnn21. The predicted octanol–water partition coefficient (Wildman–Crippen LogP) is -2.93. The highest BCUT2D eigenvalue weighted by Crippen LogP contribution is 2.29. The Morgan fingerprint density at radius 3 is 2.53 bits per heavy atom. The first-order chi connectivity index (χ1) is 7.04. The van der Waals surface area contributed by atoms with Crippen LogP contribution in [0.25, 0.3) is 0 Å². The molecule has 0 radical (unpaired) electrons. The van der Waals surface area contributed by atoms with Gasteiger partial charge in [0.25, 0.3) is 0 Å². The molecule has 0 aromatic carbocycles. The minimum Gasteiger partial charge on any atom is -0.480 e. The number of hydrogen-bond donors (Lipinski definition) is 4. The molecule has 0 unspecified atom stereocenters. The standard InChI is InChI=1S/C6H8N4O5/c11-2-1(6(14)15)10-5(7-8-9-10)4(13)3(2)12/h1-4,11-13H,(H,14,15)/t1-,2-,3+,4+/m1/s1. The molecule has 0 saturated carbocycles. The van der Waals surface area contributed by atoms with Crippen molar-refractivity contribution in [1.82, 2.24) is 20.2 Å². The van der Waals surface area contributed by atoms with E-state index in [0.29, 0.717) is 0 Å². The average molecular weight is 216 g/mol. The molecule has 0 fully saturated rings. The summed E-state index contributed by atoms with van der Waals surface area (Å²) in [5.41, 5.74) is 0. The third-order valence-corrected chi connectivity index (χ3v) is 2.30. The van der Waals surface area contributed by atoms with Gasteiger partial charge in [-0.25, -0.2) is 9.48 Å². The van der Waals surface area contributed by atoms with E-state index in [4.69, 9.17) is 5.11 Å². The van der Waals surface area contributed by atoms with Gasteiger partial charge < -0.3 is 20.4 Å². The molecule has 82 valence electrons. The van der Waals surface area contributed by atoms with Gasteiger partial charge in [0.15, 0.2) is 11.9 Å². The van der Waals surface area contributed by atoms with Crippen LogP contribution in [0.15, 0.2) is 0 Å². The van der Waals surface area contributed by atoms with Crippen LogP contribution in [0.2, 0.25) is 0 Å². The highest BCUT2D eigenvalue weighted by molar-refractivity contribution is 5.73. The number of aliphatic carboxylic acids is 1. The van der Waals surface area contributed by atoms with Crippen LogP contribution in [-0.4, -0.2) is 58.8 Å². The van der Waals surface area contributed by atoms with Crippen LogP contribution in [0.5, 0.6) is 0 Å². The molecule has 9 nitrogen and oxygen atoms in total. The molecule has 0 aliphatic carbocycles. The molecule has 1 aromatic rings. The van der Waals surface area contributed by atoms with E-state index in [1.54, 1.807) is 0 Å². The molecule has 4 N–H and O–H groups in total. The fourth-order valence-electron chi connectivity index (χ4n) is 1.51. The van der Waals surface area contributed by atoms with E-state index in [2.05, 4.69) is 15.5 Å². The summed E-state index contributed by atoms with van der Waals surface area (Å²) in [6, 6.07) is -1.49. The van der Waals surface area contributed by atoms with Crippen LogP contribution in [0.3, 0.4) is 0 Å². The molecule has 0 spiro atoms. The molecule has 1 aliphatic rings. The average Bonchev–Trinajstić information content (AvgIpc) is 2.62. The Morgan fingerprint density at radius 2 is 1.93 bits per heavy atom. The number of aromatic nitrogens is 4. The molecule has 1 aliphatic heterocycles. The fraction of sp³-hybridized carbons (Fsp3) is 0.667. The number of carboxylic acid groups (broad SMARTS) is 1. The van der Waals surface area contributed by atoms with Crippen LogP contribution >= 0.6 is 0 Å².